The zero-order chi connectivity index (χ0) is 26.4. The molecule has 0 spiro atoms. The molecule has 2 saturated heterocycles. The maximum atomic E-state index is 13.5. The van der Waals surface area contributed by atoms with E-state index < -0.39 is 6.43 Å². The summed E-state index contributed by atoms with van der Waals surface area (Å²) in [4.78, 5) is 35.7. The highest BCUT2D eigenvalue weighted by Gasteiger charge is 2.38. The molecule has 0 radical (unpaired) electrons. The van der Waals surface area contributed by atoms with Gasteiger partial charge in [0, 0.05) is 34.2 Å². The third-order valence-corrected chi connectivity index (χ3v) is 8.06. The zero-order valence-electron chi connectivity index (χ0n) is 19.9. The molecule has 2 atom stereocenters. The standard InChI is InChI=1S/C26H22ClF2N5O3S/c27-15-3-1-14(2-4-15)10-33-13-30-20-8-18(24-32-22(12-38-24)23(28)29)21(9-19(20)25(33)35)31-16-5-6-34-17(7-16)11-37-26(34)36/h1-4,8-9,12-13,16-17,23,31H,5-7,10-11H2/t16-,17-/m0/s1. The van der Waals surface area contributed by atoms with Crippen LogP contribution in [0.3, 0.4) is 0 Å². The van der Waals surface area contributed by atoms with E-state index >= 15 is 0 Å². The van der Waals surface area contributed by atoms with E-state index in [9.17, 15) is 18.4 Å². The number of piperidine rings is 1. The first-order chi connectivity index (χ1) is 18.4. The third kappa shape index (κ3) is 4.71. The number of halogens is 3. The number of carbonyl (C=O) groups excluding carboxylic acids is 1. The highest BCUT2D eigenvalue weighted by Crippen LogP contribution is 2.36. The molecule has 2 aliphatic heterocycles. The Kier molecular flexibility index (Phi) is 6.48. The van der Waals surface area contributed by atoms with Crippen LogP contribution in [0.4, 0.5) is 19.3 Å². The minimum atomic E-state index is -2.68. The number of alkyl halides is 2. The smallest absolute Gasteiger partial charge is 0.410 e. The molecule has 2 fully saturated rings. The highest BCUT2D eigenvalue weighted by molar-refractivity contribution is 7.13. The van der Waals surface area contributed by atoms with Crippen LogP contribution in [0.5, 0.6) is 0 Å². The van der Waals surface area contributed by atoms with Gasteiger partial charge in [0.15, 0.2) is 0 Å². The molecule has 1 N–H and O–H groups in total. The van der Waals surface area contributed by atoms with E-state index in [-0.39, 0.29) is 29.4 Å². The molecule has 0 aliphatic carbocycles. The lowest BCUT2D eigenvalue weighted by Crippen LogP contribution is -2.45. The van der Waals surface area contributed by atoms with Crippen LogP contribution < -0.4 is 10.9 Å². The number of aromatic nitrogens is 3. The van der Waals surface area contributed by atoms with Crippen LogP contribution in [0.25, 0.3) is 21.5 Å². The summed E-state index contributed by atoms with van der Waals surface area (Å²) in [6.07, 6.45) is -0.155. The number of amides is 1. The summed E-state index contributed by atoms with van der Waals surface area (Å²) < 4.78 is 33.3. The van der Waals surface area contributed by atoms with Crippen LogP contribution in [-0.2, 0) is 11.3 Å². The van der Waals surface area contributed by atoms with Gasteiger partial charge in [-0.15, -0.1) is 11.3 Å². The van der Waals surface area contributed by atoms with Gasteiger partial charge in [-0.2, -0.15) is 0 Å². The van der Waals surface area contributed by atoms with Crippen molar-refractivity contribution in [2.45, 2.75) is 37.9 Å². The lowest BCUT2D eigenvalue weighted by molar-refractivity contribution is 0.147. The minimum Gasteiger partial charge on any atom is -0.447 e. The summed E-state index contributed by atoms with van der Waals surface area (Å²) in [6.45, 7) is 1.21. The maximum absolute atomic E-state index is 13.5. The van der Waals surface area contributed by atoms with Crippen LogP contribution in [0.15, 0.2) is 52.9 Å². The number of carbonyl (C=O) groups is 1. The van der Waals surface area contributed by atoms with Gasteiger partial charge in [-0.3, -0.25) is 9.36 Å². The molecule has 1 amide bonds. The fraction of sp³-hybridized carbons (Fsp3) is 0.308. The van der Waals surface area contributed by atoms with Crippen molar-refractivity contribution in [3.05, 3.63) is 74.7 Å². The fourth-order valence-electron chi connectivity index (χ4n) is 4.96. The van der Waals surface area contributed by atoms with E-state index in [2.05, 4.69) is 15.3 Å². The number of hydrogen-bond acceptors (Lipinski definition) is 7. The molecular formula is C26H22ClF2N5O3S. The van der Waals surface area contributed by atoms with E-state index in [1.54, 1.807) is 29.2 Å². The average Bonchev–Trinajstić information content (AvgIpc) is 3.54. The molecule has 0 bridgehead atoms. The van der Waals surface area contributed by atoms with Crippen molar-refractivity contribution in [2.75, 3.05) is 18.5 Å². The van der Waals surface area contributed by atoms with Crippen molar-refractivity contribution in [3.8, 4) is 10.6 Å². The van der Waals surface area contributed by atoms with Crippen molar-refractivity contribution in [2.24, 2.45) is 0 Å². The molecule has 4 heterocycles. The SMILES string of the molecule is O=C1OC[C@@H]2C[C@@H](Nc3cc4c(=O)n(Cc5ccc(Cl)cc5)cnc4cc3-c3nc(C(F)F)cs3)CCN12. The molecular weight excluding hydrogens is 536 g/mol. The van der Waals surface area contributed by atoms with Crippen molar-refractivity contribution in [3.63, 3.8) is 0 Å². The number of anilines is 1. The summed E-state index contributed by atoms with van der Waals surface area (Å²) in [5.41, 5.74) is 2.03. The summed E-state index contributed by atoms with van der Waals surface area (Å²) in [5, 5.41) is 6.26. The number of rotatable bonds is 6. The van der Waals surface area contributed by atoms with Crippen molar-refractivity contribution in [1.82, 2.24) is 19.4 Å². The number of ether oxygens (including phenoxy) is 1. The third-order valence-electron chi connectivity index (χ3n) is 6.91. The molecule has 38 heavy (non-hydrogen) atoms. The van der Waals surface area contributed by atoms with Gasteiger partial charge in [-0.25, -0.2) is 23.5 Å². The Morgan fingerprint density at radius 3 is 2.79 bits per heavy atom. The fourth-order valence-corrected chi connectivity index (χ4v) is 5.93. The van der Waals surface area contributed by atoms with Gasteiger partial charge in [-0.1, -0.05) is 23.7 Å². The largest absolute Gasteiger partial charge is 0.447 e. The number of nitrogens with one attached hydrogen (secondary N) is 1. The van der Waals surface area contributed by atoms with Crippen molar-refractivity contribution in [1.29, 1.82) is 0 Å². The van der Waals surface area contributed by atoms with Gasteiger partial charge < -0.3 is 15.0 Å². The van der Waals surface area contributed by atoms with Crippen LogP contribution >= 0.6 is 22.9 Å². The zero-order valence-corrected chi connectivity index (χ0v) is 21.5. The first-order valence-corrected chi connectivity index (χ1v) is 13.3. The van der Waals surface area contributed by atoms with Gasteiger partial charge in [0.1, 0.15) is 17.3 Å². The Balaban J connectivity index is 1.38. The van der Waals surface area contributed by atoms with E-state index in [1.165, 1.54) is 16.3 Å². The first-order valence-electron chi connectivity index (χ1n) is 12.1. The van der Waals surface area contributed by atoms with Crippen molar-refractivity contribution >= 4 is 45.6 Å². The number of fused-ring (bicyclic) bond motifs is 2. The average molecular weight is 558 g/mol. The van der Waals surface area contributed by atoms with E-state index in [4.69, 9.17) is 16.3 Å². The Morgan fingerprint density at radius 1 is 1.21 bits per heavy atom. The van der Waals surface area contributed by atoms with Crippen LogP contribution in [0.2, 0.25) is 5.02 Å². The number of cyclic esters (lactones) is 1. The molecule has 8 nitrogen and oxygen atoms in total. The Labute approximate surface area is 224 Å². The maximum Gasteiger partial charge on any atom is 0.410 e. The monoisotopic (exact) mass is 557 g/mol. The molecule has 0 unspecified atom stereocenters. The lowest BCUT2D eigenvalue weighted by atomic mass is 9.97. The van der Waals surface area contributed by atoms with Gasteiger partial charge >= 0.3 is 6.09 Å². The first kappa shape index (κ1) is 24.7. The predicted molar refractivity (Wildman–Crippen MR) is 141 cm³/mol. The molecule has 6 rings (SSSR count). The molecule has 0 saturated carbocycles. The number of hydrogen-bond donors (Lipinski definition) is 1. The van der Waals surface area contributed by atoms with E-state index in [0.717, 1.165) is 16.9 Å². The summed E-state index contributed by atoms with van der Waals surface area (Å²) in [7, 11) is 0. The predicted octanol–water partition coefficient (Wildman–Crippen LogP) is 5.55. The summed E-state index contributed by atoms with van der Waals surface area (Å²) >= 11 is 7.10. The molecule has 2 aliphatic rings. The van der Waals surface area contributed by atoms with Crippen molar-refractivity contribution < 1.29 is 18.3 Å². The van der Waals surface area contributed by atoms with Gasteiger partial charge in [0.2, 0.25) is 0 Å². The highest BCUT2D eigenvalue weighted by atomic mass is 35.5. The molecule has 2 aromatic carbocycles. The van der Waals surface area contributed by atoms with Crippen LogP contribution in [0, 0.1) is 0 Å². The molecule has 196 valence electrons. The summed E-state index contributed by atoms with van der Waals surface area (Å²) in [5.74, 6) is 0. The van der Waals surface area contributed by atoms with Gasteiger partial charge in [0.05, 0.1) is 29.8 Å². The second kappa shape index (κ2) is 9.95. The number of thiazole rings is 1. The number of benzene rings is 2. The number of nitrogens with zero attached hydrogens (tertiary/aromatic N) is 4. The van der Waals surface area contributed by atoms with Gasteiger partial charge in [0.25, 0.3) is 12.0 Å². The quantitative estimate of drug-likeness (QED) is 0.334. The Morgan fingerprint density at radius 2 is 2.03 bits per heavy atom. The van der Waals surface area contributed by atoms with E-state index in [1.807, 2.05) is 12.1 Å². The molecule has 4 aromatic rings. The van der Waals surface area contributed by atoms with E-state index in [0.29, 0.717) is 64.7 Å². The lowest BCUT2D eigenvalue weighted by Gasteiger charge is -2.33. The molecule has 2 aromatic heterocycles. The second-order valence-electron chi connectivity index (χ2n) is 9.39. The topological polar surface area (TPSA) is 89.3 Å². The Bertz CT molecular complexity index is 1580. The van der Waals surface area contributed by atoms with Crippen LogP contribution in [0.1, 0.15) is 30.5 Å². The normalized spacial score (nSPS) is 19.2. The van der Waals surface area contributed by atoms with Gasteiger partial charge in [-0.05, 0) is 42.7 Å². The Hall–Kier alpha value is -3.57. The second-order valence-corrected chi connectivity index (χ2v) is 10.7. The minimum absolute atomic E-state index is 0.00977. The molecule has 12 heteroatoms. The van der Waals surface area contributed by atoms with Crippen LogP contribution in [-0.4, -0.2) is 50.8 Å². The summed E-state index contributed by atoms with van der Waals surface area (Å²) in [6, 6.07) is 10.6.